The second-order valence-corrected chi connectivity index (χ2v) is 5.33. The highest BCUT2D eigenvalue weighted by molar-refractivity contribution is 6.30. The van der Waals surface area contributed by atoms with Crippen LogP contribution in [0.1, 0.15) is 26.1 Å². The van der Waals surface area contributed by atoms with E-state index in [1.165, 1.54) is 0 Å². The van der Waals surface area contributed by atoms with Gasteiger partial charge in [0.2, 0.25) is 0 Å². The number of ether oxygens (including phenoxy) is 1. The van der Waals surface area contributed by atoms with E-state index in [0.29, 0.717) is 35.5 Å². The molecule has 114 valence electrons. The number of nitrogens with zero attached hydrogens (tertiary/aromatic N) is 2. The lowest BCUT2D eigenvalue weighted by molar-refractivity contribution is 0.317. The standard InChI is InChI=1S/C15H20ClN3O2/c1-4-7-20-13-6-5-11(16)9-12(13)15-18-14(19-21-15)8-10(2)17-3/h5-6,9-10,17H,4,7-8H2,1-3H3. The molecule has 2 rings (SSSR count). The van der Waals surface area contributed by atoms with Gasteiger partial charge in [-0.1, -0.05) is 23.7 Å². The lowest BCUT2D eigenvalue weighted by atomic mass is 10.2. The van der Waals surface area contributed by atoms with Gasteiger partial charge in [-0.15, -0.1) is 0 Å². The van der Waals surface area contributed by atoms with E-state index in [2.05, 4.69) is 29.3 Å². The van der Waals surface area contributed by atoms with E-state index >= 15 is 0 Å². The molecule has 0 fully saturated rings. The second kappa shape index (κ2) is 7.43. The van der Waals surface area contributed by atoms with Crippen LogP contribution in [0.15, 0.2) is 22.7 Å². The zero-order chi connectivity index (χ0) is 15.2. The van der Waals surface area contributed by atoms with Crippen LogP contribution in [0.2, 0.25) is 5.02 Å². The lowest BCUT2D eigenvalue weighted by Crippen LogP contribution is -2.24. The van der Waals surface area contributed by atoms with Crippen LogP contribution >= 0.6 is 11.6 Å². The first-order valence-electron chi connectivity index (χ1n) is 7.06. The number of aromatic nitrogens is 2. The number of likely N-dealkylation sites (N-methyl/N-ethyl adjacent to an activating group) is 1. The van der Waals surface area contributed by atoms with Crippen molar-refractivity contribution >= 4 is 11.6 Å². The molecule has 1 N–H and O–H groups in total. The minimum Gasteiger partial charge on any atom is -0.493 e. The molecule has 2 aromatic rings. The van der Waals surface area contributed by atoms with Gasteiger partial charge in [0.05, 0.1) is 12.2 Å². The molecular formula is C15H20ClN3O2. The quantitative estimate of drug-likeness (QED) is 0.850. The third kappa shape index (κ3) is 4.19. The molecule has 0 aliphatic heterocycles. The van der Waals surface area contributed by atoms with E-state index in [4.69, 9.17) is 20.9 Å². The SMILES string of the molecule is CCCOc1ccc(Cl)cc1-c1nc(CC(C)NC)no1. The normalized spacial score (nSPS) is 12.4. The number of nitrogens with one attached hydrogen (secondary N) is 1. The molecule has 0 radical (unpaired) electrons. The first-order valence-corrected chi connectivity index (χ1v) is 7.44. The zero-order valence-electron chi connectivity index (χ0n) is 12.5. The maximum Gasteiger partial charge on any atom is 0.261 e. The highest BCUT2D eigenvalue weighted by atomic mass is 35.5. The van der Waals surface area contributed by atoms with Crippen LogP contribution in [0.25, 0.3) is 11.5 Å². The van der Waals surface area contributed by atoms with Gasteiger partial charge < -0.3 is 14.6 Å². The molecule has 0 aliphatic carbocycles. The molecule has 1 atom stereocenters. The maximum absolute atomic E-state index is 6.06. The van der Waals surface area contributed by atoms with Crippen molar-refractivity contribution in [3.8, 4) is 17.2 Å². The fraction of sp³-hybridized carbons (Fsp3) is 0.467. The van der Waals surface area contributed by atoms with Gasteiger partial charge in [-0.25, -0.2) is 0 Å². The van der Waals surface area contributed by atoms with Gasteiger partial charge in [-0.05, 0) is 38.6 Å². The Morgan fingerprint density at radius 2 is 2.24 bits per heavy atom. The van der Waals surface area contributed by atoms with E-state index in [0.717, 1.165) is 12.0 Å². The monoisotopic (exact) mass is 309 g/mol. The minimum atomic E-state index is 0.283. The molecule has 0 bridgehead atoms. The summed E-state index contributed by atoms with van der Waals surface area (Å²) < 4.78 is 11.1. The predicted octanol–water partition coefficient (Wildman–Crippen LogP) is 3.33. The largest absolute Gasteiger partial charge is 0.493 e. The molecule has 5 nitrogen and oxygen atoms in total. The number of benzene rings is 1. The third-order valence-electron chi connectivity index (χ3n) is 3.08. The summed E-state index contributed by atoms with van der Waals surface area (Å²) in [6.07, 6.45) is 1.63. The first kappa shape index (κ1) is 15.8. The van der Waals surface area contributed by atoms with Crippen molar-refractivity contribution in [2.45, 2.75) is 32.7 Å². The van der Waals surface area contributed by atoms with Crippen molar-refractivity contribution in [1.82, 2.24) is 15.5 Å². The molecule has 0 saturated heterocycles. The second-order valence-electron chi connectivity index (χ2n) is 4.90. The summed E-state index contributed by atoms with van der Waals surface area (Å²) in [6.45, 7) is 4.75. The van der Waals surface area contributed by atoms with Crippen LogP contribution in [0.4, 0.5) is 0 Å². The average Bonchev–Trinajstić information content (AvgIpc) is 2.94. The molecule has 21 heavy (non-hydrogen) atoms. The van der Waals surface area contributed by atoms with Crippen LogP contribution in [0, 0.1) is 0 Å². The van der Waals surface area contributed by atoms with Gasteiger partial charge in [0.15, 0.2) is 5.82 Å². The summed E-state index contributed by atoms with van der Waals surface area (Å²) in [7, 11) is 1.90. The van der Waals surface area contributed by atoms with Gasteiger partial charge in [-0.2, -0.15) is 4.98 Å². The topological polar surface area (TPSA) is 60.2 Å². The Kier molecular flexibility index (Phi) is 5.59. The third-order valence-corrected chi connectivity index (χ3v) is 3.32. The Bertz CT molecular complexity index is 586. The Morgan fingerprint density at radius 1 is 1.43 bits per heavy atom. The van der Waals surface area contributed by atoms with Crippen molar-refractivity contribution in [2.75, 3.05) is 13.7 Å². The summed E-state index contributed by atoms with van der Waals surface area (Å²) in [5.41, 5.74) is 0.729. The van der Waals surface area contributed by atoms with Crippen molar-refractivity contribution < 1.29 is 9.26 Å². The summed E-state index contributed by atoms with van der Waals surface area (Å²) in [5.74, 6) is 1.80. The molecule has 1 heterocycles. The minimum absolute atomic E-state index is 0.283. The first-order chi connectivity index (χ1) is 10.1. The van der Waals surface area contributed by atoms with Crippen LogP contribution in [0.3, 0.4) is 0 Å². The van der Waals surface area contributed by atoms with Crippen LogP contribution < -0.4 is 10.1 Å². The molecule has 1 aromatic heterocycles. The Hall–Kier alpha value is -1.59. The zero-order valence-corrected chi connectivity index (χ0v) is 13.3. The summed E-state index contributed by atoms with van der Waals surface area (Å²) >= 11 is 6.06. The summed E-state index contributed by atoms with van der Waals surface area (Å²) in [4.78, 5) is 4.42. The smallest absolute Gasteiger partial charge is 0.261 e. The van der Waals surface area contributed by atoms with E-state index in [-0.39, 0.29) is 6.04 Å². The molecular weight excluding hydrogens is 290 g/mol. The van der Waals surface area contributed by atoms with Crippen molar-refractivity contribution in [2.24, 2.45) is 0 Å². The predicted molar refractivity (Wildman–Crippen MR) is 82.8 cm³/mol. The van der Waals surface area contributed by atoms with Crippen LogP contribution in [-0.4, -0.2) is 29.8 Å². The Labute approximate surface area is 129 Å². The summed E-state index contributed by atoms with van der Waals surface area (Å²) in [6, 6.07) is 5.68. The molecule has 1 aromatic carbocycles. The van der Waals surface area contributed by atoms with Gasteiger partial charge in [0, 0.05) is 17.5 Å². The van der Waals surface area contributed by atoms with Gasteiger partial charge in [0.1, 0.15) is 5.75 Å². The molecule has 0 amide bonds. The lowest BCUT2D eigenvalue weighted by Gasteiger charge is -2.08. The Balaban J connectivity index is 2.26. The molecule has 0 spiro atoms. The van der Waals surface area contributed by atoms with Crippen molar-refractivity contribution in [1.29, 1.82) is 0 Å². The van der Waals surface area contributed by atoms with Gasteiger partial charge in [-0.3, -0.25) is 0 Å². The molecule has 1 unspecified atom stereocenters. The van der Waals surface area contributed by atoms with Crippen LogP contribution in [0.5, 0.6) is 5.75 Å². The average molecular weight is 310 g/mol. The number of hydrogen-bond acceptors (Lipinski definition) is 5. The maximum atomic E-state index is 6.06. The van der Waals surface area contributed by atoms with E-state index in [1.807, 2.05) is 13.1 Å². The van der Waals surface area contributed by atoms with Gasteiger partial charge >= 0.3 is 0 Å². The number of rotatable bonds is 7. The highest BCUT2D eigenvalue weighted by Crippen LogP contribution is 2.31. The fourth-order valence-corrected chi connectivity index (χ4v) is 2.00. The van der Waals surface area contributed by atoms with E-state index in [1.54, 1.807) is 12.1 Å². The summed E-state index contributed by atoms with van der Waals surface area (Å²) in [5, 5.41) is 7.76. The van der Waals surface area contributed by atoms with Crippen LogP contribution in [-0.2, 0) is 6.42 Å². The highest BCUT2D eigenvalue weighted by Gasteiger charge is 2.16. The van der Waals surface area contributed by atoms with Gasteiger partial charge in [0.25, 0.3) is 5.89 Å². The Morgan fingerprint density at radius 3 is 2.95 bits per heavy atom. The fourth-order valence-electron chi connectivity index (χ4n) is 1.83. The number of hydrogen-bond donors (Lipinski definition) is 1. The van der Waals surface area contributed by atoms with E-state index in [9.17, 15) is 0 Å². The van der Waals surface area contributed by atoms with E-state index < -0.39 is 0 Å². The molecule has 0 aliphatic rings. The molecule has 6 heteroatoms. The van der Waals surface area contributed by atoms with Crippen molar-refractivity contribution in [3.05, 3.63) is 29.0 Å². The number of halogens is 1. The van der Waals surface area contributed by atoms with Crippen molar-refractivity contribution in [3.63, 3.8) is 0 Å². The molecule has 0 saturated carbocycles.